The normalized spacial score (nSPS) is 22.6. The number of hydrogen-bond donors (Lipinski definition) is 2. The molecular formula is C17H28N6O2. The highest BCUT2D eigenvalue weighted by Gasteiger charge is 2.43. The van der Waals surface area contributed by atoms with Gasteiger partial charge < -0.3 is 15.1 Å². The van der Waals surface area contributed by atoms with Crippen molar-refractivity contribution in [1.29, 1.82) is 0 Å². The average molecular weight is 348 g/mol. The summed E-state index contributed by atoms with van der Waals surface area (Å²) in [6.45, 7) is 1.11. The molecule has 2 N–H and O–H groups in total. The molecule has 3 amide bonds. The number of urea groups is 1. The van der Waals surface area contributed by atoms with Crippen molar-refractivity contribution in [3.05, 3.63) is 12.2 Å². The first kappa shape index (κ1) is 17.7. The van der Waals surface area contributed by atoms with E-state index in [1.807, 2.05) is 4.90 Å². The molecule has 3 rings (SSSR count). The fraction of sp³-hybridized carbons (Fsp3) is 0.765. The van der Waals surface area contributed by atoms with E-state index in [0.717, 1.165) is 50.8 Å². The lowest BCUT2D eigenvalue weighted by Crippen LogP contribution is -2.51. The van der Waals surface area contributed by atoms with Gasteiger partial charge in [0.1, 0.15) is 12.2 Å². The van der Waals surface area contributed by atoms with Gasteiger partial charge in [-0.1, -0.05) is 12.8 Å². The van der Waals surface area contributed by atoms with Gasteiger partial charge >= 0.3 is 6.03 Å². The number of aromatic amines is 1. The Balaban J connectivity index is 1.67. The largest absolute Gasteiger partial charge is 0.348 e. The third-order valence-corrected chi connectivity index (χ3v) is 5.51. The number of carbonyl (C=O) groups is 2. The van der Waals surface area contributed by atoms with Gasteiger partial charge in [-0.15, -0.1) is 0 Å². The zero-order valence-electron chi connectivity index (χ0n) is 15.1. The van der Waals surface area contributed by atoms with Crippen molar-refractivity contribution in [2.45, 2.75) is 51.0 Å². The molecule has 8 heteroatoms. The van der Waals surface area contributed by atoms with Crippen LogP contribution in [0.3, 0.4) is 0 Å². The van der Waals surface area contributed by atoms with Gasteiger partial charge in [0.15, 0.2) is 0 Å². The lowest BCUT2D eigenvalue weighted by Gasteiger charge is -2.36. The van der Waals surface area contributed by atoms with Crippen LogP contribution in [0.25, 0.3) is 0 Å². The fourth-order valence-electron chi connectivity index (χ4n) is 4.17. The Morgan fingerprint density at radius 3 is 2.72 bits per heavy atom. The minimum Gasteiger partial charge on any atom is -0.348 e. The highest BCUT2D eigenvalue weighted by Crippen LogP contribution is 2.39. The first-order chi connectivity index (χ1) is 12.0. The van der Waals surface area contributed by atoms with Crippen LogP contribution >= 0.6 is 0 Å². The van der Waals surface area contributed by atoms with Crippen LogP contribution in [0.4, 0.5) is 4.79 Å². The van der Waals surface area contributed by atoms with Gasteiger partial charge in [-0.3, -0.25) is 9.89 Å². The Bertz CT molecular complexity index is 594. The Hall–Kier alpha value is -2.12. The molecule has 0 radical (unpaired) electrons. The van der Waals surface area contributed by atoms with Gasteiger partial charge in [0.05, 0.1) is 11.5 Å². The number of rotatable bonds is 4. The van der Waals surface area contributed by atoms with Gasteiger partial charge in [-0.25, -0.2) is 9.78 Å². The van der Waals surface area contributed by atoms with E-state index in [4.69, 9.17) is 0 Å². The van der Waals surface area contributed by atoms with E-state index < -0.39 is 5.41 Å². The molecule has 0 spiro atoms. The Morgan fingerprint density at radius 2 is 2.08 bits per heavy atom. The molecule has 1 aliphatic carbocycles. The number of piperidine rings is 1. The maximum Gasteiger partial charge on any atom is 0.318 e. The third-order valence-electron chi connectivity index (χ3n) is 5.51. The van der Waals surface area contributed by atoms with Crippen LogP contribution in [0.15, 0.2) is 6.33 Å². The summed E-state index contributed by atoms with van der Waals surface area (Å²) in [6, 6.07) is -0.181. The molecule has 1 aromatic rings. The molecule has 1 saturated carbocycles. The van der Waals surface area contributed by atoms with Gasteiger partial charge in [-0.05, 0) is 32.1 Å². The van der Waals surface area contributed by atoms with E-state index >= 15 is 0 Å². The molecule has 1 saturated heterocycles. The number of H-pyrrole nitrogens is 1. The summed E-state index contributed by atoms with van der Waals surface area (Å²) >= 11 is 0. The van der Waals surface area contributed by atoms with E-state index in [1.54, 1.807) is 19.0 Å². The highest BCUT2D eigenvalue weighted by atomic mass is 16.2. The summed E-state index contributed by atoms with van der Waals surface area (Å²) in [5.74, 6) is 0.852. The summed E-state index contributed by atoms with van der Waals surface area (Å²) in [5, 5.41) is 9.84. The number of carbonyl (C=O) groups excluding carboxylic acids is 2. The van der Waals surface area contributed by atoms with Crippen LogP contribution in [0.1, 0.15) is 56.8 Å². The van der Waals surface area contributed by atoms with Gasteiger partial charge in [0, 0.05) is 27.2 Å². The first-order valence-corrected chi connectivity index (χ1v) is 9.15. The molecule has 1 atom stereocenters. The summed E-state index contributed by atoms with van der Waals surface area (Å²) < 4.78 is 0. The molecule has 8 nitrogen and oxygen atoms in total. The van der Waals surface area contributed by atoms with Gasteiger partial charge in [0.2, 0.25) is 5.91 Å². The Morgan fingerprint density at radius 1 is 1.32 bits per heavy atom. The average Bonchev–Trinajstić information content (AvgIpc) is 3.31. The minimum atomic E-state index is -0.448. The van der Waals surface area contributed by atoms with Crippen molar-refractivity contribution in [2.75, 3.05) is 27.2 Å². The molecule has 2 fully saturated rings. The topological polar surface area (TPSA) is 94.2 Å². The van der Waals surface area contributed by atoms with Crippen LogP contribution in [-0.4, -0.2) is 64.1 Å². The van der Waals surface area contributed by atoms with Gasteiger partial charge in [-0.2, -0.15) is 5.10 Å². The third kappa shape index (κ3) is 3.62. The van der Waals surface area contributed by atoms with Crippen LogP contribution in [-0.2, 0) is 4.79 Å². The van der Waals surface area contributed by atoms with Crippen molar-refractivity contribution < 1.29 is 9.59 Å². The lowest BCUT2D eigenvalue weighted by molar-refractivity contribution is -0.138. The summed E-state index contributed by atoms with van der Waals surface area (Å²) in [4.78, 5) is 33.2. The first-order valence-electron chi connectivity index (χ1n) is 9.15. The monoisotopic (exact) mass is 348 g/mol. The zero-order valence-corrected chi connectivity index (χ0v) is 15.1. The zero-order chi connectivity index (χ0) is 17.9. The molecule has 2 aliphatic rings. The second-order valence-electron chi connectivity index (χ2n) is 7.42. The van der Waals surface area contributed by atoms with E-state index in [0.29, 0.717) is 13.1 Å². The van der Waals surface area contributed by atoms with Crippen molar-refractivity contribution in [1.82, 2.24) is 30.3 Å². The number of likely N-dealkylation sites (tertiary alicyclic amines) is 1. The van der Waals surface area contributed by atoms with Gasteiger partial charge in [0.25, 0.3) is 0 Å². The van der Waals surface area contributed by atoms with Crippen LogP contribution in [0, 0.1) is 5.41 Å². The maximum atomic E-state index is 12.8. The van der Waals surface area contributed by atoms with Crippen molar-refractivity contribution in [2.24, 2.45) is 5.41 Å². The maximum absolute atomic E-state index is 12.8. The van der Waals surface area contributed by atoms with Crippen molar-refractivity contribution in [3.8, 4) is 0 Å². The summed E-state index contributed by atoms with van der Waals surface area (Å²) in [5.41, 5.74) is -0.448. The van der Waals surface area contributed by atoms with E-state index in [1.165, 1.54) is 6.33 Å². The van der Waals surface area contributed by atoms with Crippen LogP contribution in [0.2, 0.25) is 0 Å². The molecule has 138 valence electrons. The summed E-state index contributed by atoms with van der Waals surface area (Å²) in [6.07, 6.45) is 8.18. The van der Waals surface area contributed by atoms with Crippen LogP contribution in [0.5, 0.6) is 0 Å². The van der Waals surface area contributed by atoms with E-state index in [-0.39, 0.29) is 18.0 Å². The predicted octanol–water partition coefficient (Wildman–Crippen LogP) is 1.69. The Labute approximate surface area is 148 Å². The second-order valence-corrected chi connectivity index (χ2v) is 7.42. The SMILES string of the molecule is CN(C)C(=O)C1(CNC(=O)N2CCCCC2c2ncn[nH]2)CCCC1. The quantitative estimate of drug-likeness (QED) is 0.866. The number of aromatic nitrogens is 3. The number of amides is 3. The standard InChI is InChI=1S/C17H28N6O2/c1-22(2)15(24)17(8-4-5-9-17)11-18-16(25)23-10-6-3-7-13(23)14-19-12-20-21-14/h12-13H,3-11H2,1-2H3,(H,18,25)(H,19,20,21). The fourth-order valence-corrected chi connectivity index (χ4v) is 4.17. The molecule has 0 aromatic carbocycles. The number of nitrogens with one attached hydrogen (secondary N) is 2. The molecule has 1 aromatic heterocycles. The number of nitrogens with zero attached hydrogens (tertiary/aromatic N) is 4. The lowest BCUT2D eigenvalue weighted by atomic mass is 9.84. The molecule has 0 bridgehead atoms. The Kier molecular flexibility index (Phi) is 5.24. The molecule has 2 heterocycles. The molecule has 1 unspecified atom stereocenters. The molecule has 1 aliphatic heterocycles. The van der Waals surface area contributed by atoms with Crippen molar-refractivity contribution in [3.63, 3.8) is 0 Å². The number of hydrogen-bond acceptors (Lipinski definition) is 4. The second kappa shape index (κ2) is 7.41. The minimum absolute atomic E-state index is 0.0691. The van der Waals surface area contributed by atoms with E-state index in [9.17, 15) is 9.59 Å². The highest BCUT2D eigenvalue weighted by molar-refractivity contribution is 5.84. The van der Waals surface area contributed by atoms with E-state index in [2.05, 4.69) is 20.5 Å². The van der Waals surface area contributed by atoms with Crippen LogP contribution < -0.4 is 5.32 Å². The summed E-state index contributed by atoms with van der Waals surface area (Å²) in [7, 11) is 3.57. The molecule has 25 heavy (non-hydrogen) atoms. The molecular weight excluding hydrogens is 320 g/mol. The predicted molar refractivity (Wildman–Crippen MR) is 92.7 cm³/mol. The smallest absolute Gasteiger partial charge is 0.318 e. The van der Waals surface area contributed by atoms with Crippen molar-refractivity contribution >= 4 is 11.9 Å².